The molecule has 0 aliphatic heterocycles. The SMILES string of the molecule is O=C(O)CCc1ncc(-c2cc(Br)cs2)o1. The normalized spacial score (nSPS) is 10.6. The van der Waals surface area contributed by atoms with Gasteiger partial charge in [0.25, 0.3) is 0 Å². The molecule has 0 amide bonds. The summed E-state index contributed by atoms with van der Waals surface area (Å²) in [5.74, 6) is 0.289. The Labute approximate surface area is 104 Å². The van der Waals surface area contributed by atoms with E-state index in [9.17, 15) is 4.79 Å². The molecule has 0 atom stereocenters. The molecule has 0 aliphatic carbocycles. The average molecular weight is 302 g/mol. The lowest BCUT2D eigenvalue weighted by Crippen LogP contribution is -1.97. The van der Waals surface area contributed by atoms with Crippen LogP contribution in [0.4, 0.5) is 0 Å². The van der Waals surface area contributed by atoms with Gasteiger partial charge in [0.15, 0.2) is 11.7 Å². The summed E-state index contributed by atoms with van der Waals surface area (Å²) in [6.45, 7) is 0. The van der Waals surface area contributed by atoms with Crippen molar-refractivity contribution in [2.75, 3.05) is 0 Å². The van der Waals surface area contributed by atoms with Gasteiger partial charge < -0.3 is 9.52 Å². The monoisotopic (exact) mass is 301 g/mol. The van der Waals surface area contributed by atoms with Gasteiger partial charge in [-0.1, -0.05) is 0 Å². The Balaban J connectivity index is 2.10. The summed E-state index contributed by atoms with van der Waals surface area (Å²) in [5, 5.41) is 10.5. The number of carboxylic acid groups (broad SMARTS) is 1. The summed E-state index contributed by atoms with van der Waals surface area (Å²) in [7, 11) is 0. The second kappa shape index (κ2) is 4.80. The molecule has 0 fully saturated rings. The minimum absolute atomic E-state index is 0.0358. The van der Waals surface area contributed by atoms with Crippen molar-refractivity contribution in [3.8, 4) is 10.6 Å². The van der Waals surface area contributed by atoms with E-state index in [1.165, 1.54) is 0 Å². The second-order valence-electron chi connectivity index (χ2n) is 3.14. The predicted octanol–water partition coefficient (Wildman–Crippen LogP) is 3.18. The number of oxazole rings is 1. The lowest BCUT2D eigenvalue weighted by molar-refractivity contribution is -0.137. The molecular formula is C10H8BrNO3S. The maximum atomic E-state index is 10.4. The fraction of sp³-hybridized carbons (Fsp3) is 0.200. The number of aromatic nitrogens is 1. The number of nitrogens with zero attached hydrogens (tertiary/aromatic N) is 1. The van der Waals surface area contributed by atoms with Gasteiger partial charge in [-0.15, -0.1) is 11.3 Å². The summed E-state index contributed by atoms with van der Waals surface area (Å²) in [5.41, 5.74) is 0. The van der Waals surface area contributed by atoms with E-state index in [0.29, 0.717) is 18.1 Å². The molecule has 0 saturated heterocycles. The first kappa shape index (κ1) is 11.3. The van der Waals surface area contributed by atoms with Crippen molar-refractivity contribution in [2.24, 2.45) is 0 Å². The van der Waals surface area contributed by atoms with Crippen LogP contribution in [0.3, 0.4) is 0 Å². The van der Waals surface area contributed by atoms with Crippen LogP contribution >= 0.6 is 27.3 Å². The van der Waals surface area contributed by atoms with Crippen LogP contribution in [0.5, 0.6) is 0 Å². The standard InChI is InChI=1S/C10H8BrNO3S/c11-6-3-8(16-5-6)7-4-12-9(15-7)1-2-10(13)14/h3-5H,1-2H2,(H,13,14). The third-order valence-electron chi connectivity index (χ3n) is 1.92. The zero-order valence-corrected chi connectivity index (χ0v) is 10.5. The van der Waals surface area contributed by atoms with E-state index in [1.54, 1.807) is 17.5 Å². The molecule has 16 heavy (non-hydrogen) atoms. The molecule has 0 spiro atoms. The number of aryl methyl sites for hydroxylation is 1. The highest BCUT2D eigenvalue weighted by atomic mass is 79.9. The molecule has 2 rings (SSSR count). The minimum atomic E-state index is -0.849. The number of halogens is 1. The van der Waals surface area contributed by atoms with Crippen molar-refractivity contribution in [3.05, 3.63) is 28.0 Å². The minimum Gasteiger partial charge on any atom is -0.481 e. The Bertz CT molecular complexity index is 506. The van der Waals surface area contributed by atoms with Crippen molar-refractivity contribution in [1.29, 1.82) is 0 Å². The third kappa shape index (κ3) is 2.70. The van der Waals surface area contributed by atoms with Crippen molar-refractivity contribution >= 4 is 33.2 Å². The highest BCUT2D eigenvalue weighted by molar-refractivity contribution is 9.10. The summed E-state index contributed by atoms with van der Waals surface area (Å²) >= 11 is 4.90. The predicted molar refractivity (Wildman–Crippen MR) is 63.5 cm³/mol. The van der Waals surface area contributed by atoms with Gasteiger partial charge in [0.05, 0.1) is 17.5 Å². The maximum absolute atomic E-state index is 10.4. The molecule has 0 aliphatic rings. The van der Waals surface area contributed by atoms with Crippen LogP contribution in [-0.2, 0) is 11.2 Å². The summed E-state index contributed by atoms with van der Waals surface area (Å²) in [4.78, 5) is 15.4. The van der Waals surface area contributed by atoms with E-state index in [1.807, 2.05) is 11.4 Å². The smallest absolute Gasteiger partial charge is 0.303 e. The van der Waals surface area contributed by atoms with E-state index < -0.39 is 5.97 Å². The number of carbonyl (C=O) groups is 1. The molecule has 0 aromatic carbocycles. The number of aliphatic carboxylic acids is 1. The number of thiophene rings is 1. The third-order valence-corrected chi connectivity index (χ3v) is 3.62. The first-order chi connectivity index (χ1) is 7.65. The molecule has 4 nitrogen and oxygen atoms in total. The number of rotatable bonds is 4. The molecule has 2 heterocycles. The Morgan fingerprint density at radius 1 is 1.62 bits per heavy atom. The molecule has 0 bridgehead atoms. The van der Waals surface area contributed by atoms with Crippen LogP contribution in [0.15, 0.2) is 26.5 Å². The number of hydrogen-bond acceptors (Lipinski definition) is 4. The Kier molecular flexibility index (Phi) is 3.40. The zero-order valence-electron chi connectivity index (χ0n) is 8.14. The first-order valence-electron chi connectivity index (χ1n) is 4.56. The van der Waals surface area contributed by atoms with Crippen LogP contribution in [0.2, 0.25) is 0 Å². The Hall–Kier alpha value is -1.14. The van der Waals surface area contributed by atoms with Gasteiger partial charge >= 0.3 is 5.97 Å². The lowest BCUT2D eigenvalue weighted by Gasteiger charge is -1.91. The van der Waals surface area contributed by atoms with Gasteiger partial charge in [0, 0.05) is 16.3 Å². The lowest BCUT2D eigenvalue weighted by atomic mass is 10.3. The fourth-order valence-electron chi connectivity index (χ4n) is 1.20. The molecule has 2 aromatic rings. The molecular weight excluding hydrogens is 294 g/mol. The molecule has 0 unspecified atom stereocenters. The number of carboxylic acids is 1. The molecule has 0 saturated carbocycles. The van der Waals surface area contributed by atoms with E-state index in [4.69, 9.17) is 9.52 Å². The van der Waals surface area contributed by atoms with E-state index in [2.05, 4.69) is 20.9 Å². The second-order valence-corrected chi connectivity index (χ2v) is 4.97. The maximum Gasteiger partial charge on any atom is 0.303 e. The van der Waals surface area contributed by atoms with Crippen LogP contribution in [-0.4, -0.2) is 16.1 Å². The van der Waals surface area contributed by atoms with Crippen molar-refractivity contribution in [1.82, 2.24) is 4.98 Å². The van der Waals surface area contributed by atoms with Gasteiger partial charge in [-0.05, 0) is 22.0 Å². The van der Waals surface area contributed by atoms with Crippen LogP contribution in [0.1, 0.15) is 12.3 Å². The van der Waals surface area contributed by atoms with Crippen molar-refractivity contribution in [3.63, 3.8) is 0 Å². The summed E-state index contributed by atoms with van der Waals surface area (Å²) in [6, 6.07) is 1.94. The number of hydrogen-bond donors (Lipinski definition) is 1. The van der Waals surface area contributed by atoms with Gasteiger partial charge in [0.1, 0.15) is 0 Å². The zero-order chi connectivity index (χ0) is 11.5. The topological polar surface area (TPSA) is 63.3 Å². The van der Waals surface area contributed by atoms with Gasteiger partial charge in [-0.25, -0.2) is 4.98 Å². The largest absolute Gasteiger partial charge is 0.481 e. The Morgan fingerprint density at radius 3 is 3.06 bits per heavy atom. The van der Waals surface area contributed by atoms with E-state index in [-0.39, 0.29) is 6.42 Å². The highest BCUT2D eigenvalue weighted by Gasteiger charge is 2.09. The summed E-state index contributed by atoms with van der Waals surface area (Å²) in [6.07, 6.45) is 1.98. The van der Waals surface area contributed by atoms with E-state index in [0.717, 1.165) is 9.35 Å². The molecule has 2 aromatic heterocycles. The van der Waals surface area contributed by atoms with Crippen molar-refractivity contribution < 1.29 is 14.3 Å². The Morgan fingerprint density at radius 2 is 2.44 bits per heavy atom. The fourth-order valence-corrected chi connectivity index (χ4v) is 2.57. The molecule has 0 radical (unpaired) electrons. The summed E-state index contributed by atoms with van der Waals surface area (Å²) < 4.78 is 6.44. The quantitative estimate of drug-likeness (QED) is 0.942. The van der Waals surface area contributed by atoms with Gasteiger partial charge in [-0.2, -0.15) is 0 Å². The van der Waals surface area contributed by atoms with Gasteiger partial charge in [0.2, 0.25) is 0 Å². The van der Waals surface area contributed by atoms with Crippen molar-refractivity contribution in [2.45, 2.75) is 12.8 Å². The molecule has 6 heteroatoms. The molecule has 84 valence electrons. The van der Waals surface area contributed by atoms with Crippen LogP contribution < -0.4 is 0 Å². The first-order valence-corrected chi connectivity index (χ1v) is 6.23. The average Bonchev–Trinajstić information content (AvgIpc) is 2.83. The van der Waals surface area contributed by atoms with Crippen LogP contribution in [0.25, 0.3) is 10.6 Å². The van der Waals surface area contributed by atoms with E-state index >= 15 is 0 Å². The van der Waals surface area contributed by atoms with Gasteiger partial charge in [-0.3, -0.25) is 4.79 Å². The molecule has 1 N–H and O–H groups in total. The highest BCUT2D eigenvalue weighted by Crippen LogP contribution is 2.30. The van der Waals surface area contributed by atoms with Crippen LogP contribution in [0, 0.1) is 0 Å².